The van der Waals surface area contributed by atoms with Crippen LogP contribution in [0.25, 0.3) is 0 Å². The molecule has 1 unspecified atom stereocenters. The molecule has 0 bridgehead atoms. The lowest BCUT2D eigenvalue weighted by molar-refractivity contribution is -0.137. The monoisotopic (exact) mass is 350 g/mol. The van der Waals surface area contributed by atoms with E-state index in [0.29, 0.717) is 10.4 Å². The molecule has 0 aliphatic carbocycles. The van der Waals surface area contributed by atoms with Crippen LogP contribution < -0.4 is 10.2 Å². The number of alkyl halides is 3. The molecule has 1 atom stereocenters. The van der Waals surface area contributed by atoms with Gasteiger partial charge in [-0.1, -0.05) is 0 Å². The second kappa shape index (κ2) is 6.35. The predicted molar refractivity (Wildman–Crippen MR) is 78.0 cm³/mol. The highest BCUT2D eigenvalue weighted by Gasteiger charge is 2.31. The fourth-order valence-corrected chi connectivity index (χ4v) is 3.24. The van der Waals surface area contributed by atoms with Gasteiger partial charge in [-0.3, -0.25) is 0 Å². The molecule has 0 radical (unpaired) electrons. The van der Waals surface area contributed by atoms with Crippen LogP contribution in [0, 0.1) is 5.92 Å². The summed E-state index contributed by atoms with van der Waals surface area (Å²) in [6, 6.07) is 3.81. The minimum Gasteiger partial charge on any atom is -0.373 e. The van der Waals surface area contributed by atoms with Crippen molar-refractivity contribution in [3.63, 3.8) is 0 Å². The van der Waals surface area contributed by atoms with Gasteiger partial charge in [0.25, 0.3) is 0 Å². The maximum Gasteiger partial charge on any atom is 0.416 e. The normalized spacial score (nSPS) is 19.9. The van der Waals surface area contributed by atoms with Crippen LogP contribution in [0.2, 0.25) is 0 Å². The van der Waals surface area contributed by atoms with Crippen LogP contribution in [0.15, 0.2) is 22.7 Å². The first-order chi connectivity index (χ1) is 9.38. The summed E-state index contributed by atoms with van der Waals surface area (Å²) in [5.74, 6) is 0.544. The molecular weight excluding hydrogens is 333 g/mol. The Labute approximate surface area is 125 Å². The van der Waals surface area contributed by atoms with Crippen LogP contribution in [0.4, 0.5) is 18.9 Å². The fourth-order valence-electron chi connectivity index (χ4n) is 2.56. The van der Waals surface area contributed by atoms with Gasteiger partial charge in [0.2, 0.25) is 0 Å². The average Bonchev–Trinajstić information content (AvgIpc) is 2.38. The van der Waals surface area contributed by atoms with Crippen molar-refractivity contribution in [2.24, 2.45) is 5.92 Å². The van der Waals surface area contributed by atoms with Gasteiger partial charge >= 0.3 is 6.18 Å². The van der Waals surface area contributed by atoms with E-state index in [2.05, 4.69) is 21.2 Å². The van der Waals surface area contributed by atoms with E-state index in [-0.39, 0.29) is 0 Å². The Morgan fingerprint density at radius 3 is 2.70 bits per heavy atom. The van der Waals surface area contributed by atoms with E-state index < -0.39 is 11.7 Å². The van der Waals surface area contributed by atoms with Crippen molar-refractivity contribution < 1.29 is 13.2 Å². The van der Waals surface area contributed by atoms with Crippen molar-refractivity contribution in [2.45, 2.75) is 19.0 Å². The molecule has 112 valence electrons. The van der Waals surface area contributed by atoms with E-state index in [1.165, 1.54) is 6.07 Å². The molecule has 1 aliphatic rings. The zero-order valence-corrected chi connectivity index (χ0v) is 12.9. The molecule has 20 heavy (non-hydrogen) atoms. The first-order valence-electron chi connectivity index (χ1n) is 6.66. The summed E-state index contributed by atoms with van der Waals surface area (Å²) in [6.07, 6.45) is -1.98. The summed E-state index contributed by atoms with van der Waals surface area (Å²) in [4.78, 5) is 2.02. The number of nitrogens with zero attached hydrogens (tertiary/aromatic N) is 1. The molecule has 1 aromatic carbocycles. The SMILES string of the molecule is CN(CC1CCCNC1)c1ccc(C(F)(F)F)cc1Br. The molecule has 1 aliphatic heterocycles. The van der Waals surface area contributed by atoms with Crippen molar-refractivity contribution in [2.75, 3.05) is 31.6 Å². The van der Waals surface area contributed by atoms with Gasteiger partial charge in [-0.15, -0.1) is 0 Å². The van der Waals surface area contributed by atoms with Crippen LogP contribution in [-0.2, 0) is 6.18 Å². The lowest BCUT2D eigenvalue weighted by Crippen LogP contribution is -2.37. The number of nitrogens with one attached hydrogen (secondary N) is 1. The van der Waals surface area contributed by atoms with Crippen LogP contribution >= 0.6 is 15.9 Å². The van der Waals surface area contributed by atoms with Gasteiger partial charge < -0.3 is 10.2 Å². The largest absolute Gasteiger partial charge is 0.416 e. The topological polar surface area (TPSA) is 15.3 Å². The molecule has 0 spiro atoms. The molecule has 1 heterocycles. The fraction of sp³-hybridized carbons (Fsp3) is 0.571. The van der Waals surface area contributed by atoms with Gasteiger partial charge in [0, 0.05) is 18.1 Å². The zero-order chi connectivity index (χ0) is 14.8. The molecule has 2 rings (SSSR count). The third kappa shape index (κ3) is 3.88. The summed E-state index contributed by atoms with van der Waals surface area (Å²) in [5.41, 5.74) is 0.171. The smallest absolute Gasteiger partial charge is 0.373 e. The highest BCUT2D eigenvalue weighted by atomic mass is 79.9. The van der Waals surface area contributed by atoms with Gasteiger partial charge in [-0.25, -0.2) is 0 Å². The van der Waals surface area contributed by atoms with Crippen molar-refractivity contribution in [3.05, 3.63) is 28.2 Å². The maximum absolute atomic E-state index is 12.6. The molecule has 0 saturated carbocycles. The minimum atomic E-state index is -4.30. The molecule has 6 heteroatoms. The quantitative estimate of drug-likeness (QED) is 0.889. The number of hydrogen-bond acceptors (Lipinski definition) is 2. The van der Waals surface area contributed by atoms with Gasteiger partial charge in [-0.05, 0) is 66.0 Å². The number of benzene rings is 1. The van der Waals surface area contributed by atoms with Crippen LogP contribution in [0.3, 0.4) is 0 Å². The number of anilines is 1. The minimum absolute atomic E-state index is 0.485. The van der Waals surface area contributed by atoms with Gasteiger partial charge in [-0.2, -0.15) is 13.2 Å². The molecule has 0 aromatic heterocycles. The molecule has 2 nitrogen and oxygen atoms in total. The van der Waals surface area contributed by atoms with Gasteiger partial charge in [0.05, 0.1) is 11.3 Å². The molecule has 1 N–H and O–H groups in total. The first kappa shape index (κ1) is 15.6. The molecule has 0 amide bonds. The Hall–Kier alpha value is -0.750. The van der Waals surface area contributed by atoms with Crippen molar-refractivity contribution in [1.82, 2.24) is 5.32 Å². The second-order valence-corrected chi connectivity index (χ2v) is 6.11. The predicted octanol–water partition coefficient (Wildman–Crippen LogP) is 3.90. The first-order valence-corrected chi connectivity index (χ1v) is 7.46. The summed E-state index contributed by atoms with van der Waals surface area (Å²) < 4.78 is 38.4. The zero-order valence-electron chi connectivity index (χ0n) is 11.3. The van der Waals surface area contributed by atoms with Crippen LogP contribution in [0.5, 0.6) is 0 Å². The van der Waals surface area contributed by atoms with Crippen LogP contribution in [-0.4, -0.2) is 26.7 Å². The Balaban J connectivity index is 2.07. The Morgan fingerprint density at radius 2 is 2.15 bits per heavy atom. The van der Waals surface area contributed by atoms with E-state index in [1.54, 1.807) is 0 Å². The third-order valence-electron chi connectivity index (χ3n) is 3.62. The highest BCUT2D eigenvalue weighted by Crippen LogP contribution is 2.35. The molecule has 1 saturated heterocycles. The molecule has 1 fully saturated rings. The molecular formula is C14H18BrF3N2. The summed E-state index contributed by atoms with van der Waals surface area (Å²) >= 11 is 3.25. The van der Waals surface area contributed by atoms with E-state index in [1.807, 2.05) is 11.9 Å². The average molecular weight is 351 g/mol. The lowest BCUT2D eigenvalue weighted by atomic mass is 9.99. The van der Waals surface area contributed by atoms with Crippen molar-refractivity contribution in [3.8, 4) is 0 Å². The van der Waals surface area contributed by atoms with Crippen molar-refractivity contribution >= 4 is 21.6 Å². The van der Waals surface area contributed by atoms with E-state index >= 15 is 0 Å². The third-order valence-corrected chi connectivity index (χ3v) is 4.25. The van der Waals surface area contributed by atoms with E-state index in [0.717, 1.165) is 50.3 Å². The van der Waals surface area contributed by atoms with Crippen molar-refractivity contribution in [1.29, 1.82) is 0 Å². The van der Waals surface area contributed by atoms with Gasteiger partial charge in [0.15, 0.2) is 0 Å². The molecule has 1 aromatic rings. The standard InChI is InChI=1S/C14H18BrF3N2/c1-20(9-10-3-2-6-19-8-10)13-5-4-11(7-12(13)15)14(16,17)18/h4-5,7,10,19H,2-3,6,8-9H2,1H3. The summed E-state index contributed by atoms with van der Waals surface area (Å²) in [5, 5.41) is 3.35. The lowest BCUT2D eigenvalue weighted by Gasteiger charge is -2.29. The highest BCUT2D eigenvalue weighted by molar-refractivity contribution is 9.10. The number of piperidine rings is 1. The summed E-state index contributed by atoms with van der Waals surface area (Å²) in [7, 11) is 1.92. The number of halogens is 4. The van der Waals surface area contributed by atoms with Gasteiger partial charge in [0.1, 0.15) is 0 Å². The Kier molecular flexibility index (Phi) is 4.96. The van der Waals surface area contributed by atoms with E-state index in [9.17, 15) is 13.2 Å². The number of rotatable bonds is 3. The van der Waals surface area contributed by atoms with E-state index in [4.69, 9.17) is 0 Å². The Bertz CT molecular complexity index is 456. The van der Waals surface area contributed by atoms with Crippen LogP contribution in [0.1, 0.15) is 18.4 Å². The summed E-state index contributed by atoms with van der Waals surface area (Å²) in [6.45, 7) is 2.88. The second-order valence-electron chi connectivity index (χ2n) is 5.26. The number of hydrogen-bond donors (Lipinski definition) is 1. The maximum atomic E-state index is 12.6. The Morgan fingerprint density at radius 1 is 1.40 bits per heavy atom.